The molecule has 1 aromatic carbocycles. The van der Waals surface area contributed by atoms with Crippen molar-refractivity contribution in [3.63, 3.8) is 0 Å². The fourth-order valence-corrected chi connectivity index (χ4v) is 1.95. The molecular formula is C13H13N5O2. The van der Waals surface area contributed by atoms with E-state index in [0.29, 0.717) is 16.9 Å². The number of nitriles is 1. The highest BCUT2D eigenvalue weighted by Gasteiger charge is 2.19. The second-order valence-electron chi connectivity index (χ2n) is 4.14. The van der Waals surface area contributed by atoms with Crippen LogP contribution in [0.15, 0.2) is 12.1 Å². The largest absolute Gasteiger partial charge is 0.507 e. The zero-order chi connectivity index (χ0) is 14.9. The van der Waals surface area contributed by atoms with Gasteiger partial charge in [0.05, 0.1) is 12.8 Å². The standard InChI is InChI=1S/C13H13N5O2/c1-6-3-7(20-2)4-9(19)10(6)11-8(5-14)12(15)18-13(16)17-11/h3-4,19H,1-2H3,(H4,15,16,17,18). The number of hydrogen-bond acceptors (Lipinski definition) is 7. The number of anilines is 2. The van der Waals surface area contributed by atoms with E-state index in [4.69, 9.17) is 16.2 Å². The summed E-state index contributed by atoms with van der Waals surface area (Å²) in [6.07, 6.45) is 0. The zero-order valence-electron chi connectivity index (χ0n) is 11.0. The van der Waals surface area contributed by atoms with Crippen LogP contribution in [0.2, 0.25) is 0 Å². The first-order valence-corrected chi connectivity index (χ1v) is 5.69. The van der Waals surface area contributed by atoms with Crippen molar-refractivity contribution in [2.24, 2.45) is 0 Å². The van der Waals surface area contributed by atoms with Crippen molar-refractivity contribution >= 4 is 11.8 Å². The smallest absolute Gasteiger partial charge is 0.222 e. The fourth-order valence-electron chi connectivity index (χ4n) is 1.95. The number of aromatic nitrogens is 2. The maximum atomic E-state index is 10.1. The Bertz CT molecular complexity index is 698. The van der Waals surface area contributed by atoms with Gasteiger partial charge in [0.25, 0.3) is 0 Å². The van der Waals surface area contributed by atoms with Gasteiger partial charge >= 0.3 is 0 Å². The van der Waals surface area contributed by atoms with E-state index in [1.165, 1.54) is 13.2 Å². The van der Waals surface area contributed by atoms with Gasteiger partial charge < -0.3 is 21.3 Å². The van der Waals surface area contributed by atoms with Gasteiger partial charge in [-0.15, -0.1) is 0 Å². The van der Waals surface area contributed by atoms with Crippen LogP contribution in [-0.2, 0) is 0 Å². The van der Waals surface area contributed by atoms with Crippen LogP contribution in [0.25, 0.3) is 11.3 Å². The summed E-state index contributed by atoms with van der Waals surface area (Å²) in [5.41, 5.74) is 12.6. The van der Waals surface area contributed by atoms with E-state index in [2.05, 4.69) is 9.97 Å². The average molecular weight is 271 g/mol. The maximum Gasteiger partial charge on any atom is 0.222 e. The van der Waals surface area contributed by atoms with E-state index in [9.17, 15) is 10.4 Å². The molecule has 1 heterocycles. The number of benzene rings is 1. The van der Waals surface area contributed by atoms with Crippen molar-refractivity contribution in [1.82, 2.24) is 9.97 Å². The van der Waals surface area contributed by atoms with Crippen molar-refractivity contribution in [3.8, 4) is 28.8 Å². The third kappa shape index (κ3) is 2.14. The third-order valence-electron chi connectivity index (χ3n) is 2.83. The van der Waals surface area contributed by atoms with Gasteiger partial charge in [0.2, 0.25) is 5.95 Å². The Morgan fingerprint density at radius 3 is 2.55 bits per heavy atom. The lowest BCUT2D eigenvalue weighted by Gasteiger charge is -2.12. The number of phenolic OH excluding ortho intramolecular Hbond substituents is 1. The fraction of sp³-hybridized carbons (Fsp3) is 0.154. The molecule has 0 bridgehead atoms. The number of nitrogens with two attached hydrogens (primary N) is 2. The zero-order valence-corrected chi connectivity index (χ0v) is 11.0. The number of phenols is 1. The third-order valence-corrected chi connectivity index (χ3v) is 2.83. The van der Waals surface area contributed by atoms with Crippen LogP contribution in [0, 0.1) is 18.3 Å². The number of nitrogen functional groups attached to an aromatic ring is 2. The predicted molar refractivity (Wildman–Crippen MR) is 74.0 cm³/mol. The summed E-state index contributed by atoms with van der Waals surface area (Å²) >= 11 is 0. The van der Waals surface area contributed by atoms with Crippen molar-refractivity contribution in [1.29, 1.82) is 5.26 Å². The average Bonchev–Trinajstić information content (AvgIpc) is 2.37. The van der Waals surface area contributed by atoms with Gasteiger partial charge in [-0.1, -0.05) is 0 Å². The number of aryl methyl sites for hydroxylation is 1. The van der Waals surface area contributed by atoms with Gasteiger partial charge in [0.1, 0.15) is 28.9 Å². The van der Waals surface area contributed by atoms with Crippen LogP contribution in [0.5, 0.6) is 11.5 Å². The molecule has 1 aromatic heterocycles. The number of ether oxygens (including phenoxy) is 1. The van der Waals surface area contributed by atoms with Crippen molar-refractivity contribution in [2.45, 2.75) is 6.92 Å². The Balaban J connectivity index is 2.79. The van der Waals surface area contributed by atoms with Crippen LogP contribution in [-0.4, -0.2) is 22.2 Å². The molecule has 0 atom stereocenters. The molecule has 2 aromatic rings. The van der Waals surface area contributed by atoms with Gasteiger partial charge in [-0.3, -0.25) is 0 Å². The molecule has 7 heteroatoms. The Morgan fingerprint density at radius 1 is 1.30 bits per heavy atom. The molecule has 7 nitrogen and oxygen atoms in total. The summed E-state index contributed by atoms with van der Waals surface area (Å²) < 4.78 is 5.06. The van der Waals surface area contributed by atoms with E-state index in [-0.39, 0.29) is 28.8 Å². The highest BCUT2D eigenvalue weighted by Crippen LogP contribution is 2.37. The highest BCUT2D eigenvalue weighted by atomic mass is 16.5. The van der Waals surface area contributed by atoms with Crippen molar-refractivity contribution in [3.05, 3.63) is 23.3 Å². The van der Waals surface area contributed by atoms with Gasteiger partial charge in [-0.05, 0) is 18.6 Å². The summed E-state index contributed by atoms with van der Waals surface area (Å²) in [5, 5.41) is 19.3. The summed E-state index contributed by atoms with van der Waals surface area (Å²) in [5.74, 6) is 0.337. The van der Waals surface area contributed by atoms with Crippen LogP contribution in [0.1, 0.15) is 11.1 Å². The number of hydrogen-bond donors (Lipinski definition) is 3. The van der Waals surface area contributed by atoms with Crippen LogP contribution < -0.4 is 16.2 Å². The second-order valence-corrected chi connectivity index (χ2v) is 4.14. The van der Waals surface area contributed by atoms with Gasteiger partial charge in [-0.2, -0.15) is 10.2 Å². The van der Waals surface area contributed by atoms with E-state index in [1.807, 2.05) is 6.07 Å². The van der Waals surface area contributed by atoms with Gasteiger partial charge in [0.15, 0.2) is 0 Å². The first-order valence-electron chi connectivity index (χ1n) is 5.69. The minimum absolute atomic E-state index is 0.0235. The molecule has 0 unspecified atom stereocenters. The lowest BCUT2D eigenvalue weighted by molar-refractivity contribution is 0.407. The van der Waals surface area contributed by atoms with E-state index < -0.39 is 0 Å². The molecule has 0 aliphatic carbocycles. The first-order chi connectivity index (χ1) is 9.47. The molecule has 0 fully saturated rings. The molecule has 0 saturated heterocycles. The molecule has 0 aliphatic heterocycles. The summed E-state index contributed by atoms with van der Waals surface area (Å²) in [7, 11) is 1.50. The van der Waals surface area contributed by atoms with Crippen LogP contribution in [0.3, 0.4) is 0 Å². The lowest BCUT2D eigenvalue weighted by Crippen LogP contribution is -2.05. The van der Waals surface area contributed by atoms with Crippen LogP contribution in [0.4, 0.5) is 11.8 Å². The number of rotatable bonds is 2. The van der Waals surface area contributed by atoms with E-state index in [0.717, 1.165) is 0 Å². The summed E-state index contributed by atoms with van der Waals surface area (Å²) in [6, 6.07) is 5.07. The van der Waals surface area contributed by atoms with Crippen molar-refractivity contribution < 1.29 is 9.84 Å². The molecule has 0 spiro atoms. The van der Waals surface area contributed by atoms with Gasteiger partial charge in [-0.25, -0.2) is 4.98 Å². The van der Waals surface area contributed by atoms with Crippen LogP contribution >= 0.6 is 0 Å². The quantitative estimate of drug-likeness (QED) is 0.747. The second kappa shape index (κ2) is 4.93. The van der Waals surface area contributed by atoms with Gasteiger partial charge in [0, 0.05) is 11.6 Å². The highest BCUT2D eigenvalue weighted by molar-refractivity contribution is 5.79. The molecule has 0 amide bonds. The van der Waals surface area contributed by atoms with E-state index in [1.54, 1.807) is 13.0 Å². The molecule has 20 heavy (non-hydrogen) atoms. The first kappa shape index (κ1) is 13.4. The van der Waals surface area contributed by atoms with Crippen molar-refractivity contribution in [2.75, 3.05) is 18.6 Å². The number of methoxy groups -OCH3 is 1. The Hall–Kier alpha value is -3.01. The number of aromatic hydroxyl groups is 1. The predicted octanol–water partition coefficient (Wildman–Crippen LogP) is 1.20. The monoisotopic (exact) mass is 271 g/mol. The summed E-state index contributed by atoms with van der Waals surface area (Å²) in [4.78, 5) is 7.75. The SMILES string of the molecule is COc1cc(C)c(-c2nc(N)nc(N)c2C#N)c(O)c1. The molecular weight excluding hydrogens is 258 g/mol. The molecule has 0 aliphatic rings. The minimum Gasteiger partial charge on any atom is -0.507 e. The Morgan fingerprint density at radius 2 is 2.00 bits per heavy atom. The Kier molecular flexibility index (Phi) is 3.31. The van der Waals surface area contributed by atoms with E-state index >= 15 is 0 Å². The molecule has 0 saturated carbocycles. The number of nitrogens with zero attached hydrogens (tertiary/aromatic N) is 3. The lowest BCUT2D eigenvalue weighted by atomic mass is 10.0. The minimum atomic E-state index is -0.0733. The maximum absolute atomic E-state index is 10.1. The molecule has 0 radical (unpaired) electrons. The summed E-state index contributed by atoms with van der Waals surface area (Å²) in [6.45, 7) is 1.76. The molecule has 2 rings (SSSR count). The Labute approximate surface area is 115 Å². The molecule has 102 valence electrons. The normalized spacial score (nSPS) is 10.1. The molecule has 5 N–H and O–H groups in total. The topological polar surface area (TPSA) is 131 Å².